The zero-order chi connectivity index (χ0) is 20.5. The average molecular weight is 521 g/mol. The largest absolute Gasteiger partial charge is 0.493 e. The van der Waals surface area contributed by atoms with Crippen LogP contribution >= 0.6 is 24.0 Å². The molecule has 0 radical (unpaired) electrons. The summed E-state index contributed by atoms with van der Waals surface area (Å²) in [5.41, 5.74) is 3.30. The van der Waals surface area contributed by atoms with Gasteiger partial charge >= 0.3 is 0 Å². The molecule has 2 N–H and O–H groups in total. The number of rotatable bonds is 8. The Morgan fingerprint density at radius 1 is 1.03 bits per heavy atom. The third-order valence-electron chi connectivity index (χ3n) is 4.57. The van der Waals surface area contributed by atoms with Crippen LogP contribution in [-0.2, 0) is 13.0 Å². The molecule has 0 aliphatic heterocycles. The quantitative estimate of drug-likeness (QED) is 0.270. The normalized spacial score (nSPS) is 10.8. The number of nitrogens with zero attached hydrogens (tertiary/aromatic N) is 3. The molecule has 0 aliphatic carbocycles. The number of ether oxygens (including phenoxy) is 2. The summed E-state index contributed by atoms with van der Waals surface area (Å²) in [6.45, 7) is 1.36. The zero-order valence-corrected chi connectivity index (χ0v) is 19.8. The predicted octanol–water partition coefficient (Wildman–Crippen LogP) is 3.42. The second-order valence-corrected chi connectivity index (χ2v) is 6.37. The van der Waals surface area contributed by atoms with Gasteiger partial charge in [-0.25, -0.2) is 4.68 Å². The van der Waals surface area contributed by atoms with Gasteiger partial charge < -0.3 is 20.1 Å². The summed E-state index contributed by atoms with van der Waals surface area (Å²) in [7, 11) is 5.04. The standard InChI is InChI=1S/C22H27N5O2.HI/c1-23-22(25-16-18-6-4-7-20(28-2)21(18)29-3)24-14-12-17-8-10-19(11-9-17)27-15-5-13-26-27;/h4-11,13,15H,12,14,16H2,1-3H3,(H2,23,24,25);1H. The lowest BCUT2D eigenvalue weighted by Gasteiger charge is -2.15. The number of benzene rings is 2. The molecule has 30 heavy (non-hydrogen) atoms. The van der Waals surface area contributed by atoms with E-state index in [1.165, 1.54) is 5.56 Å². The van der Waals surface area contributed by atoms with Gasteiger partial charge in [-0.1, -0.05) is 24.3 Å². The fourth-order valence-electron chi connectivity index (χ4n) is 3.05. The second kappa shape index (κ2) is 12.1. The summed E-state index contributed by atoms with van der Waals surface area (Å²) in [6.07, 6.45) is 4.60. The molecule has 1 aromatic heterocycles. The van der Waals surface area contributed by atoms with Gasteiger partial charge in [-0.3, -0.25) is 4.99 Å². The summed E-state index contributed by atoms with van der Waals surface area (Å²) in [5.74, 6) is 2.19. The van der Waals surface area contributed by atoms with Crippen molar-refractivity contribution in [2.45, 2.75) is 13.0 Å². The number of para-hydroxylation sites is 1. The fraction of sp³-hybridized carbons (Fsp3) is 0.273. The van der Waals surface area contributed by atoms with Crippen molar-refractivity contribution < 1.29 is 9.47 Å². The Morgan fingerprint density at radius 2 is 1.83 bits per heavy atom. The van der Waals surface area contributed by atoms with E-state index in [4.69, 9.17) is 9.47 Å². The molecule has 0 unspecified atom stereocenters. The van der Waals surface area contributed by atoms with E-state index in [9.17, 15) is 0 Å². The minimum Gasteiger partial charge on any atom is -0.493 e. The molecule has 0 spiro atoms. The van der Waals surface area contributed by atoms with Crippen LogP contribution in [0.1, 0.15) is 11.1 Å². The summed E-state index contributed by atoms with van der Waals surface area (Å²) in [6, 6.07) is 16.1. The number of aliphatic imine (C=N–C) groups is 1. The minimum absolute atomic E-state index is 0. The third kappa shape index (κ3) is 6.12. The van der Waals surface area contributed by atoms with Crippen LogP contribution in [0.5, 0.6) is 11.5 Å². The lowest BCUT2D eigenvalue weighted by Crippen LogP contribution is -2.37. The number of methoxy groups -OCH3 is 2. The molecule has 0 atom stereocenters. The van der Waals surface area contributed by atoms with Crippen LogP contribution in [-0.4, -0.2) is 43.6 Å². The molecule has 0 fully saturated rings. The zero-order valence-electron chi connectivity index (χ0n) is 17.5. The van der Waals surface area contributed by atoms with Crippen molar-refractivity contribution in [3.8, 4) is 17.2 Å². The molecule has 0 saturated heterocycles. The Labute approximate surface area is 194 Å². The van der Waals surface area contributed by atoms with Gasteiger partial charge in [0, 0.05) is 38.1 Å². The Morgan fingerprint density at radius 3 is 2.47 bits per heavy atom. The minimum atomic E-state index is 0. The molecule has 3 aromatic rings. The Hall–Kier alpha value is -2.75. The van der Waals surface area contributed by atoms with Crippen LogP contribution < -0.4 is 20.1 Å². The first-order chi connectivity index (χ1) is 14.2. The van der Waals surface area contributed by atoms with Gasteiger partial charge in [0.1, 0.15) is 0 Å². The first kappa shape index (κ1) is 23.5. The SMILES string of the molecule is CN=C(NCCc1ccc(-n2cccn2)cc1)NCc1cccc(OC)c1OC.I. The molecular formula is C22H28IN5O2. The van der Waals surface area contributed by atoms with Gasteiger partial charge in [0.25, 0.3) is 0 Å². The summed E-state index contributed by atoms with van der Waals surface area (Å²) in [4.78, 5) is 4.29. The van der Waals surface area contributed by atoms with Crippen LogP contribution in [0.3, 0.4) is 0 Å². The van der Waals surface area contributed by atoms with E-state index in [1.807, 2.05) is 35.1 Å². The number of guanidine groups is 1. The highest BCUT2D eigenvalue weighted by atomic mass is 127. The molecular weight excluding hydrogens is 493 g/mol. The maximum atomic E-state index is 5.48. The van der Waals surface area contributed by atoms with Crippen LogP contribution in [0.15, 0.2) is 65.9 Å². The van der Waals surface area contributed by atoms with Crippen molar-refractivity contribution in [1.29, 1.82) is 0 Å². The predicted molar refractivity (Wildman–Crippen MR) is 130 cm³/mol. The van der Waals surface area contributed by atoms with E-state index in [-0.39, 0.29) is 24.0 Å². The Balaban J connectivity index is 0.00000320. The topological polar surface area (TPSA) is 72.7 Å². The van der Waals surface area contributed by atoms with E-state index in [1.54, 1.807) is 27.5 Å². The lowest BCUT2D eigenvalue weighted by molar-refractivity contribution is 0.351. The van der Waals surface area contributed by atoms with E-state index in [2.05, 4.69) is 45.0 Å². The smallest absolute Gasteiger partial charge is 0.191 e. The summed E-state index contributed by atoms with van der Waals surface area (Å²) in [5, 5.41) is 10.9. The highest BCUT2D eigenvalue weighted by Gasteiger charge is 2.09. The van der Waals surface area contributed by atoms with Crippen molar-refractivity contribution in [3.63, 3.8) is 0 Å². The summed E-state index contributed by atoms with van der Waals surface area (Å²) >= 11 is 0. The van der Waals surface area contributed by atoms with E-state index in [0.717, 1.165) is 35.9 Å². The number of nitrogens with one attached hydrogen (secondary N) is 2. The second-order valence-electron chi connectivity index (χ2n) is 6.37. The van der Waals surface area contributed by atoms with Gasteiger partial charge in [0.2, 0.25) is 0 Å². The molecule has 0 aliphatic rings. The maximum absolute atomic E-state index is 5.48. The van der Waals surface area contributed by atoms with Crippen LogP contribution in [0.25, 0.3) is 5.69 Å². The fourth-order valence-corrected chi connectivity index (χ4v) is 3.05. The van der Waals surface area contributed by atoms with Crippen molar-refractivity contribution in [3.05, 3.63) is 72.1 Å². The van der Waals surface area contributed by atoms with Crippen molar-refractivity contribution >= 4 is 29.9 Å². The van der Waals surface area contributed by atoms with Gasteiger partial charge in [-0.2, -0.15) is 5.10 Å². The molecule has 160 valence electrons. The van der Waals surface area contributed by atoms with E-state index < -0.39 is 0 Å². The van der Waals surface area contributed by atoms with E-state index in [0.29, 0.717) is 12.3 Å². The van der Waals surface area contributed by atoms with Crippen molar-refractivity contribution in [2.75, 3.05) is 27.8 Å². The molecule has 8 heteroatoms. The number of aromatic nitrogens is 2. The van der Waals surface area contributed by atoms with Crippen LogP contribution in [0.2, 0.25) is 0 Å². The first-order valence-electron chi connectivity index (χ1n) is 9.48. The van der Waals surface area contributed by atoms with Gasteiger partial charge in [0.15, 0.2) is 17.5 Å². The summed E-state index contributed by atoms with van der Waals surface area (Å²) < 4.78 is 12.7. The van der Waals surface area contributed by atoms with Crippen LogP contribution in [0.4, 0.5) is 0 Å². The monoisotopic (exact) mass is 521 g/mol. The highest BCUT2D eigenvalue weighted by Crippen LogP contribution is 2.30. The third-order valence-corrected chi connectivity index (χ3v) is 4.57. The molecule has 0 amide bonds. The molecule has 0 saturated carbocycles. The first-order valence-corrected chi connectivity index (χ1v) is 9.48. The molecule has 7 nitrogen and oxygen atoms in total. The van der Waals surface area contributed by atoms with Crippen molar-refractivity contribution in [1.82, 2.24) is 20.4 Å². The van der Waals surface area contributed by atoms with Gasteiger partial charge in [0.05, 0.1) is 19.9 Å². The molecule has 2 aromatic carbocycles. The average Bonchev–Trinajstić information content (AvgIpc) is 3.31. The number of hydrogen-bond acceptors (Lipinski definition) is 4. The number of hydrogen-bond donors (Lipinski definition) is 2. The Bertz CT molecular complexity index is 927. The molecule has 1 heterocycles. The van der Waals surface area contributed by atoms with Crippen molar-refractivity contribution in [2.24, 2.45) is 4.99 Å². The molecule has 3 rings (SSSR count). The Kier molecular flexibility index (Phi) is 9.46. The highest BCUT2D eigenvalue weighted by molar-refractivity contribution is 14.0. The lowest BCUT2D eigenvalue weighted by atomic mass is 10.1. The van der Waals surface area contributed by atoms with E-state index >= 15 is 0 Å². The number of halogens is 1. The molecule has 0 bridgehead atoms. The maximum Gasteiger partial charge on any atom is 0.191 e. The van der Waals surface area contributed by atoms with Gasteiger partial charge in [-0.15, -0.1) is 24.0 Å². The van der Waals surface area contributed by atoms with Gasteiger partial charge in [-0.05, 0) is 36.2 Å². The van der Waals surface area contributed by atoms with Crippen LogP contribution in [0, 0.1) is 0 Å².